The van der Waals surface area contributed by atoms with E-state index in [0.717, 1.165) is 16.7 Å². The summed E-state index contributed by atoms with van der Waals surface area (Å²) in [6.07, 6.45) is -0.425. The number of benzene rings is 3. The van der Waals surface area contributed by atoms with E-state index in [1.807, 2.05) is 74.5 Å². The summed E-state index contributed by atoms with van der Waals surface area (Å²) in [5.41, 5.74) is 2.55. The molecule has 0 unspecified atom stereocenters. The first-order valence-electron chi connectivity index (χ1n) is 14.2. The maximum atomic E-state index is 13.5. The first-order chi connectivity index (χ1) is 20.6. The van der Waals surface area contributed by atoms with Crippen molar-refractivity contribution < 1.29 is 33.8 Å². The molecule has 3 amide bonds. The fourth-order valence-electron chi connectivity index (χ4n) is 4.17. The number of carbonyl (C=O) groups excluding carboxylic acids is 3. The van der Waals surface area contributed by atoms with Gasteiger partial charge in [0.15, 0.2) is 0 Å². The number of carbonyl (C=O) groups is 4. The molecule has 0 aliphatic carbocycles. The third-order valence-corrected chi connectivity index (χ3v) is 6.50. The van der Waals surface area contributed by atoms with Crippen LogP contribution in [0.1, 0.15) is 43.9 Å². The summed E-state index contributed by atoms with van der Waals surface area (Å²) < 4.78 is 11.2. The zero-order valence-corrected chi connectivity index (χ0v) is 24.6. The van der Waals surface area contributed by atoms with Gasteiger partial charge in [0.1, 0.15) is 37.1 Å². The molecule has 3 atom stereocenters. The average Bonchev–Trinajstić information content (AvgIpc) is 2.99. The second-order valence-electron chi connectivity index (χ2n) is 10.6. The van der Waals surface area contributed by atoms with Crippen LogP contribution in [0.5, 0.6) is 5.75 Å². The number of hydrogen-bond acceptors (Lipinski definition) is 6. The van der Waals surface area contributed by atoms with Crippen molar-refractivity contribution in [3.63, 3.8) is 0 Å². The van der Waals surface area contributed by atoms with Crippen LogP contribution in [-0.2, 0) is 38.8 Å². The number of alkyl carbamates (subject to hydrolysis) is 1. The Morgan fingerprint density at radius 2 is 1.23 bits per heavy atom. The number of carboxylic acid groups (broad SMARTS) is 1. The fraction of sp³-hybridized carbons (Fsp3) is 0.333. The summed E-state index contributed by atoms with van der Waals surface area (Å²) in [5.74, 6) is -1.76. The zero-order valence-electron chi connectivity index (χ0n) is 24.6. The van der Waals surface area contributed by atoms with Crippen LogP contribution in [0.3, 0.4) is 0 Å². The number of rotatable bonds is 15. The number of ether oxygens (including phenoxy) is 2. The molecule has 0 aromatic heterocycles. The van der Waals surface area contributed by atoms with Crippen LogP contribution in [0.25, 0.3) is 0 Å². The lowest BCUT2D eigenvalue weighted by molar-refractivity contribution is -0.141. The van der Waals surface area contributed by atoms with E-state index < -0.39 is 42.0 Å². The van der Waals surface area contributed by atoms with Crippen LogP contribution in [0.4, 0.5) is 4.79 Å². The summed E-state index contributed by atoms with van der Waals surface area (Å²) in [6.45, 7) is 5.52. The van der Waals surface area contributed by atoms with Crippen LogP contribution < -0.4 is 20.7 Å². The lowest BCUT2D eigenvalue weighted by Crippen LogP contribution is -2.56. The van der Waals surface area contributed by atoms with Crippen LogP contribution in [-0.4, -0.2) is 47.1 Å². The highest BCUT2D eigenvalue weighted by molar-refractivity contribution is 5.92. The molecule has 0 saturated heterocycles. The van der Waals surface area contributed by atoms with Crippen LogP contribution in [0.15, 0.2) is 84.9 Å². The lowest BCUT2D eigenvalue weighted by Gasteiger charge is -2.25. The molecular weight excluding hydrogens is 550 g/mol. The summed E-state index contributed by atoms with van der Waals surface area (Å²) in [7, 11) is 0. The molecule has 228 valence electrons. The average molecular weight is 590 g/mol. The molecule has 0 fully saturated rings. The number of nitrogens with one attached hydrogen (secondary N) is 3. The Hall–Kier alpha value is -4.86. The van der Waals surface area contributed by atoms with Crippen molar-refractivity contribution in [3.8, 4) is 5.75 Å². The third-order valence-electron chi connectivity index (χ3n) is 6.50. The minimum Gasteiger partial charge on any atom is -0.489 e. The molecule has 4 N–H and O–H groups in total. The van der Waals surface area contributed by atoms with Crippen molar-refractivity contribution >= 4 is 23.9 Å². The summed E-state index contributed by atoms with van der Waals surface area (Å²) in [4.78, 5) is 50.4. The van der Waals surface area contributed by atoms with Crippen LogP contribution in [0, 0.1) is 5.92 Å². The standard InChI is InChI=1S/C33H39N3O7/c1-22(2)18-28(30(37)34-23(3)32(39)40)35-31(38)29(36-33(41)43-21-26-12-8-5-9-13-26)19-24-14-16-27(17-15-24)42-20-25-10-6-4-7-11-25/h4-17,22-23,28-29H,18-21H2,1-3H3,(H,34,37)(H,35,38)(H,36,41)(H,39,40)/t23-,28-,29-/m0/s1. The number of aliphatic carboxylic acids is 1. The second kappa shape index (κ2) is 16.5. The Bertz CT molecular complexity index is 1330. The Kier molecular flexibility index (Phi) is 12.6. The van der Waals surface area contributed by atoms with Gasteiger partial charge in [0.2, 0.25) is 11.8 Å². The maximum Gasteiger partial charge on any atom is 0.408 e. The maximum absolute atomic E-state index is 13.5. The second-order valence-corrected chi connectivity index (χ2v) is 10.6. The molecule has 10 nitrogen and oxygen atoms in total. The first-order valence-corrected chi connectivity index (χ1v) is 14.2. The predicted molar refractivity (Wildman–Crippen MR) is 161 cm³/mol. The predicted octanol–water partition coefficient (Wildman–Crippen LogP) is 4.22. The van der Waals surface area contributed by atoms with Crippen LogP contribution in [0.2, 0.25) is 0 Å². The van der Waals surface area contributed by atoms with Gasteiger partial charge in [-0.2, -0.15) is 0 Å². The van der Waals surface area contributed by atoms with Gasteiger partial charge < -0.3 is 30.5 Å². The van der Waals surface area contributed by atoms with E-state index in [2.05, 4.69) is 16.0 Å². The molecule has 0 heterocycles. The minimum atomic E-state index is -1.19. The van der Waals surface area contributed by atoms with E-state index >= 15 is 0 Å². The van der Waals surface area contributed by atoms with Gasteiger partial charge in [0, 0.05) is 6.42 Å². The molecule has 3 aromatic carbocycles. The van der Waals surface area contributed by atoms with Crippen molar-refractivity contribution in [3.05, 3.63) is 102 Å². The highest BCUT2D eigenvalue weighted by Gasteiger charge is 2.29. The molecule has 3 aromatic rings. The van der Waals surface area contributed by atoms with E-state index in [9.17, 15) is 24.3 Å². The topological polar surface area (TPSA) is 143 Å². The number of hydrogen-bond donors (Lipinski definition) is 4. The summed E-state index contributed by atoms with van der Waals surface area (Å²) >= 11 is 0. The molecule has 0 bridgehead atoms. The Morgan fingerprint density at radius 1 is 0.674 bits per heavy atom. The van der Waals surface area contributed by atoms with Gasteiger partial charge in [-0.05, 0) is 48.1 Å². The van der Waals surface area contributed by atoms with Crippen molar-refractivity contribution in [2.24, 2.45) is 5.92 Å². The molecule has 0 aliphatic rings. The highest BCUT2D eigenvalue weighted by Crippen LogP contribution is 2.16. The first kappa shape index (κ1) is 32.7. The van der Waals surface area contributed by atoms with Gasteiger partial charge >= 0.3 is 12.1 Å². The third kappa shape index (κ3) is 11.5. The van der Waals surface area contributed by atoms with Gasteiger partial charge in [-0.25, -0.2) is 4.79 Å². The molecule has 0 spiro atoms. The Labute approximate surface area is 251 Å². The molecular formula is C33H39N3O7. The smallest absolute Gasteiger partial charge is 0.408 e. The van der Waals surface area contributed by atoms with E-state index in [1.54, 1.807) is 24.3 Å². The molecule has 43 heavy (non-hydrogen) atoms. The fourth-order valence-corrected chi connectivity index (χ4v) is 4.17. The number of carboxylic acids is 1. The number of amides is 3. The lowest BCUT2D eigenvalue weighted by atomic mass is 10.0. The van der Waals surface area contributed by atoms with E-state index in [0.29, 0.717) is 12.4 Å². The van der Waals surface area contributed by atoms with Gasteiger partial charge in [-0.3, -0.25) is 14.4 Å². The Morgan fingerprint density at radius 3 is 1.79 bits per heavy atom. The van der Waals surface area contributed by atoms with Crippen molar-refractivity contribution in [1.82, 2.24) is 16.0 Å². The summed E-state index contributed by atoms with van der Waals surface area (Å²) in [6, 6.07) is 22.8. The van der Waals surface area contributed by atoms with E-state index in [1.165, 1.54) is 6.92 Å². The van der Waals surface area contributed by atoms with Crippen molar-refractivity contribution in [1.29, 1.82) is 0 Å². The van der Waals surface area contributed by atoms with Crippen LogP contribution >= 0.6 is 0 Å². The quantitative estimate of drug-likeness (QED) is 0.208. The molecule has 3 rings (SSSR count). The normalized spacial score (nSPS) is 12.8. The molecule has 0 radical (unpaired) electrons. The van der Waals surface area contributed by atoms with E-state index in [4.69, 9.17) is 9.47 Å². The highest BCUT2D eigenvalue weighted by atomic mass is 16.5. The minimum absolute atomic E-state index is 0.0138. The van der Waals surface area contributed by atoms with Crippen molar-refractivity contribution in [2.75, 3.05) is 0 Å². The molecule has 10 heteroatoms. The van der Waals surface area contributed by atoms with Gasteiger partial charge in [0.25, 0.3) is 0 Å². The van der Waals surface area contributed by atoms with Crippen molar-refractivity contribution in [2.45, 2.75) is 65.0 Å². The summed E-state index contributed by atoms with van der Waals surface area (Å²) in [5, 5.41) is 16.9. The van der Waals surface area contributed by atoms with Gasteiger partial charge in [-0.15, -0.1) is 0 Å². The molecule has 0 aliphatic heterocycles. The van der Waals surface area contributed by atoms with Gasteiger partial charge in [0.05, 0.1) is 0 Å². The SMILES string of the molecule is CC(C)C[C@H](NC(=O)[C@H](Cc1ccc(OCc2ccccc2)cc1)NC(=O)OCc1ccccc1)C(=O)N[C@@H](C)C(=O)O. The Balaban J connectivity index is 1.72. The largest absolute Gasteiger partial charge is 0.489 e. The zero-order chi connectivity index (χ0) is 31.2. The molecule has 0 saturated carbocycles. The van der Waals surface area contributed by atoms with Gasteiger partial charge in [-0.1, -0.05) is 86.6 Å². The van der Waals surface area contributed by atoms with E-state index in [-0.39, 0.29) is 25.4 Å². The monoisotopic (exact) mass is 589 g/mol.